The van der Waals surface area contributed by atoms with Gasteiger partial charge in [-0.05, 0) is 70.6 Å². The number of carboxylic acids is 1. The van der Waals surface area contributed by atoms with Crippen LogP contribution in [0.25, 0.3) is 21.1 Å². The smallest absolute Gasteiger partial charge is 0.493 e. The van der Waals surface area contributed by atoms with Crippen molar-refractivity contribution in [2.75, 3.05) is 6.54 Å². The molecule has 5 aromatic rings. The summed E-state index contributed by atoms with van der Waals surface area (Å²) < 4.78 is 53.3. The Morgan fingerprint density at radius 3 is 2.78 bits per heavy atom. The van der Waals surface area contributed by atoms with E-state index in [0.29, 0.717) is 47.8 Å². The van der Waals surface area contributed by atoms with Crippen molar-refractivity contribution in [3.8, 4) is 17.4 Å². The molecular weight excluding hydrogens is 611 g/mol. The van der Waals surface area contributed by atoms with Gasteiger partial charge < -0.3 is 19.7 Å². The van der Waals surface area contributed by atoms with Crippen LogP contribution in [0.3, 0.4) is 0 Å². The standard InChI is InChI=1S/C31H30F3N5O5S/c1-4-20-14-39(15-23-24(43-20)5-6-26(40)35-23)13-19-10-18(9-17-7-8-45-30(17)19)22(12-27(41)42)21-11-25(44-31(32,33)34)29-28(16(21)2)36-37-38(29)3/h5-11,20,22H,4,12-15H2,1-3H3,(H,35,40)(H,41,42)/t20-,22+/m1/s1. The molecule has 2 atom stereocenters. The summed E-state index contributed by atoms with van der Waals surface area (Å²) in [7, 11) is 1.47. The van der Waals surface area contributed by atoms with Crippen molar-refractivity contribution in [1.82, 2.24) is 24.9 Å². The van der Waals surface area contributed by atoms with Crippen LogP contribution in [-0.4, -0.2) is 60.1 Å². The Hall–Kier alpha value is -4.43. The molecule has 0 fully saturated rings. The normalized spacial score (nSPS) is 16.4. The van der Waals surface area contributed by atoms with Crippen LogP contribution in [0.1, 0.15) is 53.6 Å². The van der Waals surface area contributed by atoms with E-state index in [0.717, 1.165) is 22.1 Å². The predicted octanol–water partition coefficient (Wildman–Crippen LogP) is 6.27. The number of hydrogen-bond acceptors (Lipinski definition) is 9. The summed E-state index contributed by atoms with van der Waals surface area (Å²) in [6.07, 6.45) is -4.73. The van der Waals surface area contributed by atoms with Gasteiger partial charge in [0, 0.05) is 43.4 Å². The fourth-order valence-electron chi connectivity index (χ4n) is 6.04. The van der Waals surface area contributed by atoms with E-state index in [-0.39, 0.29) is 29.4 Å². The van der Waals surface area contributed by atoms with E-state index >= 15 is 0 Å². The van der Waals surface area contributed by atoms with Gasteiger partial charge in [-0.3, -0.25) is 9.69 Å². The molecule has 236 valence electrons. The lowest BCUT2D eigenvalue weighted by Crippen LogP contribution is -2.32. The van der Waals surface area contributed by atoms with Gasteiger partial charge in [-0.2, -0.15) is 0 Å². The second-order valence-corrected chi connectivity index (χ2v) is 12.1. The number of rotatable bonds is 8. The lowest BCUT2D eigenvalue weighted by molar-refractivity contribution is -0.274. The van der Waals surface area contributed by atoms with Gasteiger partial charge in [0.15, 0.2) is 5.75 Å². The van der Waals surface area contributed by atoms with Crippen molar-refractivity contribution in [2.45, 2.75) is 58.2 Å². The molecule has 14 heteroatoms. The molecule has 1 aliphatic heterocycles. The van der Waals surface area contributed by atoms with Crippen molar-refractivity contribution >= 4 is 38.4 Å². The fourth-order valence-corrected chi connectivity index (χ4v) is 6.93. The van der Waals surface area contributed by atoms with Crippen LogP contribution in [0.2, 0.25) is 0 Å². The highest BCUT2D eigenvalue weighted by atomic mass is 32.1. The average molecular weight is 642 g/mol. The van der Waals surface area contributed by atoms with E-state index in [4.69, 9.17) is 4.74 Å². The molecule has 6 rings (SSSR count). The first kappa shape index (κ1) is 30.6. The molecule has 1 aliphatic rings. The summed E-state index contributed by atoms with van der Waals surface area (Å²) >= 11 is 1.55. The van der Waals surface area contributed by atoms with Crippen LogP contribution >= 0.6 is 11.3 Å². The van der Waals surface area contributed by atoms with Crippen LogP contribution in [-0.2, 0) is 24.9 Å². The number of alkyl halides is 3. The van der Waals surface area contributed by atoms with Gasteiger partial charge in [0.05, 0.1) is 6.42 Å². The van der Waals surface area contributed by atoms with Gasteiger partial charge in [0.2, 0.25) is 5.88 Å². The molecule has 45 heavy (non-hydrogen) atoms. The molecule has 10 nitrogen and oxygen atoms in total. The number of benzene rings is 2. The van der Waals surface area contributed by atoms with Gasteiger partial charge in [-0.25, -0.2) is 9.67 Å². The number of fused-ring (bicyclic) bond motifs is 3. The third-order valence-corrected chi connectivity index (χ3v) is 9.07. The summed E-state index contributed by atoms with van der Waals surface area (Å²) in [4.78, 5) is 18.7. The second kappa shape index (κ2) is 11.8. The first-order valence-corrected chi connectivity index (χ1v) is 15.2. The van der Waals surface area contributed by atoms with E-state index in [1.54, 1.807) is 24.3 Å². The maximum absolute atomic E-state index is 13.5. The van der Waals surface area contributed by atoms with Crippen molar-refractivity contribution in [1.29, 1.82) is 0 Å². The van der Waals surface area contributed by atoms with Crippen molar-refractivity contribution in [3.63, 3.8) is 0 Å². The summed E-state index contributed by atoms with van der Waals surface area (Å²) in [6.45, 7) is 5.19. The number of hydrogen-bond donors (Lipinski definition) is 2. The van der Waals surface area contributed by atoms with Gasteiger partial charge in [0.25, 0.3) is 0 Å². The third kappa shape index (κ3) is 6.25. The SMILES string of the molecule is CC[C@@H]1CN(Cc2cc([C@H](CC(=O)O)c3cc(OC(F)(F)F)c4c(nnn4C)c3C)cc3ccsc23)Cc2nc(O)ccc2O1. The highest BCUT2D eigenvalue weighted by Crippen LogP contribution is 2.41. The van der Waals surface area contributed by atoms with Crippen molar-refractivity contribution < 1.29 is 37.7 Å². The summed E-state index contributed by atoms with van der Waals surface area (Å²) in [5, 5.41) is 30.8. The van der Waals surface area contributed by atoms with Gasteiger partial charge in [0.1, 0.15) is 28.6 Å². The lowest BCUT2D eigenvalue weighted by atomic mass is 9.84. The quantitative estimate of drug-likeness (QED) is 0.202. The first-order chi connectivity index (χ1) is 21.4. The first-order valence-electron chi connectivity index (χ1n) is 14.3. The summed E-state index contributed by atoms with van der Waals surface area (Å²) in [6, 6.07) is 10.2. The van der Waals surface area contributed by atoms with Crippen molar-refractivity contribution in [3.05, 3.63) is 69.7 Å². The highest BCUT2D eigenvalue weighted by molar-refractivity contribution is 7.17. The van der Waals surface area contributed by atoms with E-state index < -0.39 is 24.0 Å². The fraction of sp³-hybridized carbons (Fsp3) is 0.355. The van der Waals surface area contributed by atoms with Crippen LogP contribution in [0.15, 0.2) is 41.8 Å². The minimum absolute atomic E-state index is 0.0606. The molecule has 0 unspecified atom stereocenters. The number of aromatic nitrogens is 4. The number of aliphatic carboxylic acids is 1. The lowest BCUT2D eigenvalue weighted by Gasteiger charge is -2.25. The predicted molar refractivity (Wildman–Crippen MR) is 161 cm³/mol. The zero-order chi connectivity index (χ0) is 32.0. The Labute approximate surface area is 259 Å². The number of halogens is 3. The Bertz CT molecular complexity index is 1910. The molecule has 0 saturated heterocycles. The topological polar surface area (TPSA) is 123 Å². The van der Waals surface area contributed by atoms with E-state index in [1.165, 1.54) is 23.9 Å². The molecule has 0 spiro atoms. The molecule has 0 radical (unpaired) electrons. The van der Waals surface area contributed by atoms with Gasteiger partial charge in [-0.1, -0.05) is 18.2 Å². The number of carboxylic acid groups (broad SMARTS) is 1. The number of aromatic hydroxyl groups is 1. The van der Waals surface area contributed by atoms with Crippen molar-refractivity contribution in [2.24, 2.45) is 7.05 Å². The molecule has 0 aliphatic carbocycles. The molecule has 4 heterocycles. The zero-order valence-electron chi connectivity index (χ0n) is 24.6. The second-order valence-electron chi connectivity index (χ2n) is 11.1. The van der Waals surface area contributed by atoms with Crippen LogP contribution in [0.5, 0.6) is 17.4 Å². The molecule has 0 saturated carbocycles. The molecule has 2 N–H and O–H groups in total. The number of carbonyl (C=O) groups is 1. The number of ether oxygens (including phenoxy) is 2. The molecule has 0 amide bonds. The number of aryl methyl sites for hydroxylation is 2. The Kier molecular flexibility index (Phi) is 8.04. The maximum atomic E-state index is 13.5. The van der Waals surface area contributed by atoms with Crippen LogP contribution in [0.4, 0.5) is 13.2 Å². The van der Waals surface area contributed by atoms with Crippen LogP contribution in [0, 0.1) is 6.92 Å². The largest absolute Gasteiger partial charge is 0.573 e. The number of nitrogens with zero attached hydrogens (tertiary/aromatic N) is 5. The molecule has 0 bridgehead atoms. The maximum Gasteiger partial charge on any atom is 0.573 e. The van der Waals surface area contributed by atoms with Gasteiger partial charge in [-0.15, -0.1) is 29.6 Å². The van der Waals surface area contributed by atoms with E-state index in [2.05, 4.69) is 24.9 Å². The van der Waals surface area contributed by atoms with E-state index in [9.17, 15) is 28.2 Å². The minimum atomic E-state index is -4.98. The summed E-state index contributed by atoms with van der Waals surface area (Å²) in [5.41, 5.74) is 3.31. The van der Waals surface area contributed by atoms with Gasteiger partial charge >= 0.3 is 12.3 Å². The third-order valence-electron chi connectivity index (χ3n) is 8.06. The zero-order valence-corrected chi connectivity index (χ0v) is 25.4. The summed E-state index contributed by atoms with van der Waals surface area (Å²) in [5.74, 6) is -1.91. The Balaban J connectivity index is 1.46. The van der Waals surface area contributed by atoms with Crippen LogP contribution < -0.4 is 9.47 Å². The number of pyridine rings is 1. The molecule has 2 aromatic carbocycles. The Morgan fingerprint density at radius 2 is 2.04 bits per heavy atom. The Morgan fingerprint density at radius 1 is 1.24 bits per heavy atom. The van der Waals surface area contributed by atoms with E-state index in [1.807, 2.05) is 30.5 Å². The monoisotopic (exact) mass is 641 g/mol. The molecule has 3 aromatic heterocycles. The minimum Gasteiger partial charge on any atom is -0.493 e. The highest BCUT2D eigenvalue weighted by Gasteiger charge is 2.34. The molecular formula is C31H30F3N5O5S. The average Bonchev–Trinajstić information content (AvgIpc) is 3.56. The number of thiophene rings is 1.